The normalized spacial score (nSPS) is 17.1. The molecule has 1 heterocycles. The second-order valence-electron chi connectivity index (χ2n) is 4.94. The molecular weight excluding hydrogens is 284 g/mol. The van der Waals surface area contributed by atoms with Crippen LogP contribution in [-0.4, -0.2) is 28.4 Å². The van der Waals surface area contributed by atoms with Crippen molar-refractivity contribution in [2.45, 2.75) is 13.8 Å². The van der Waals surface area contributed by atoms with Gasteiger partial charge in [0.1, 0.15) is 5.57 Å². The highest BCUT2D eigenvalue weighted by molar-refractivity contribution is 7.80. The van der Waals surface area contributed by atoms with E-state index in [2.05, 4.69) is 11.9 Å². The Morgan fingerprint density at radius 2 is 1.86 bits per heavy atom. The van der Waals surface area contributed by atoms with Gasteiger partial charge in [0, 0.05) is 6.54 Å². The summed E-state index contributed by atoms with van der Waals surface area (Å²) in [6.07, 6.45) is 3.16. The molecule has 2 amide bonds. The maximum Gasteiger partial charge on any atom is 0.265 e. The summed E-state index contributed by atoms with van der Waals surface area (Å²) < 4.78 is 0. The van der Waals surface area contributed by atoms with Crippen LogP contribution >= 0.6 is 12.2 Å². The SMILES string of the molecule is C=CCN1C(=O)C(=Cc2cc(C)cc(C)c2)C(=O)NC1=S. The summed E-state index contributed by atoms with van der Waals surface area (Å²) in [5.41, 5.74) is 3.04. The summed E-state index contributed by atoms with van der Waals surface area (Å²) in [6.45, 7) is 7.79. The summed E-state index contributed by atoms with van der Waals surface area (Å²) in [6, 6.07) is 5.88. The van der Waals surface area contributed by atoms with E-state index in [1.54, 1.807) is 12.2 Å². The third kappa shape index (κ3) is 3.25. The number of benzene rings is 1. The number of hydrogen-bond donors (Lipinski definition) is 1. The first kappa shape index (κ1) is 15.1. The molecule has 1 aliphatic heterocycles. The zero-order valence-electron chi connectivity index (χ0n) is 12.0. The Hall–Kier alpha value is -2.27. The molecule has 0 aromatic heterocycles. The number of aryl methyl sites for hydroxylation is 2. The fourth-order valence-electron chi connectivity index (χ4n) is 2.25. The summed E-state index contributed by atoms with van der Waals surface area (Å²) in [4.78, 5) is 25.7. The van der Waals surface area contributed by atoms with Gasteiger partial charge in [0.25, 0.3) is 11.8 Å². The molecule has 0 bridgehead atoms. The monoisotopic (exact) mass is 300 g/mol. The van der Waals surface area contributed by atoms with Crippen LogP contribution in [0.15, 0.2) is 36.4 Å². The van der Waals surface area contributed by atoms with E-state index in [1.807, 2.05) is 32.0 Å². The van der Waals surface area contributed by atoms with E-state index in [4.69, 9.17) is 12.2 Å². The molecule has 21 heavy (non-hydrogen) atoms. The number of rotatable bonds is 3. The first-order chi connectivity index (χ1) is 9.92. The molecule has 1 aromatic carbocycles. The lowest BCUT2D eigenvalue weighted by atomic mass is 10.0. The first-order valence-electron chi connectivity index (χ1n) is 6.50. The van der Waals surface area contributed by atoms with Gasteiger partial charge in [-0.05, 0) is 37.7 Å². The quantitative estimate of drug-likeness (QED) is 0.402. The molecule has 1 fully saturated rings. The standard InChI is InChI=1S/C16H16N2O2S/c1-4-5-18-15(20)13(14(19)17-16(18)21)9-12-7-10(2)6-11(3)8-12/h4,6-9H,1,5H2,2-3H3,(H,17,19,21). The van der Waals surface area contributed by atoms with Crippen LogP contribution in [0.3, 0.4) is 0 Å². The predicted octanol–water partition coefficient (Wildman–Crippen LogP) is 2.12. The van der Waals surface area contributed by atoms with Crippen LogP contribution in [0.4, 0.5) is 0 Å². The van der Waals surface area contributed by atoms with E-state index >= 15 is 0 Å². The van der Waals surface area contributed by atoms with Gasteiger partial charge in [0.2, 0.25) is 0 Å². The topological polar surface area (TPSA) is 49.4 Å². The molecule has 0 atom stereocenters. The van der Waals surface area contributed by atoms with Crippen molar-refractivity contribution in [2.75, 3.05) is 6.54 Å². The van der Waals surface area contributed by atoms with Crippen LogP contribution in [0.5, 0.6) is 0 Å². The molecule has 0 spiro atoms. The summed E-state index contributed by atoms with van der Waals surface area (Å²) >= 11 is 5.00. The Balaban J connectivity index is 2.42. The summed E-state index contributed by atoms with van der Waals surface area (Å²) in [7, 11) is 0. The van der Waals surface area contributed by atoms with Crippen molar-refractivity contribution < 1.29 is 9.59 Å². The number of amides is 2. The smallest absolute Gasteiger partial charge is 0.265 e. The van der Waals surface area contributed by atoms with E-state index in [9.17, 15) is 9.59 Å². The minimum Gasteiger partial charge on any atom is -0.298 e. The van der Waals surface area contributed by atoms with Gasteiger partial charge in [0.15, 0.2) is 5.11 Å². The second kappa shape index (κ2) is 6.01. The molecule has 0 radical (unpaired) electrons. The van der Waals surface area contributed by atoms with Crippen LogP contribution in [-0.2, 0) is 9.59 Å². The van der Waals surface area contributed by atoms with Crippen LogP contribution in [0.25, 0.3) is 6.08 Å². The van der Waals surface area contributed by atoms with Gasteiger partial charge in [-0.3, -0.25) is 19.8 Å². The lowest BCUT2D eigenvalue weighted by Gasteiger charge is -2.27. The summed E-state index contributed by atoms with van der Waals surface area (Å²) in [5, 5.41) is 2.64. The van der Waals surface area contributed by atoms with E-state index in [-0.39, 0.29) is 17.2 Å². The maximum atomic E-state index is 12.4. The lowest BCUT2D eigenvalue weighted by molar-refractivity contribution is -0.128. The predicted molar refractivity (Wildman–Crippen MR) is 86.5 cm³/mol. The average Bonchev–Trinajstić information content (AvgIpc) is 2.38. The Labute approximate surface area is 129 Å². The van der Waals surface area contributed by atoms with Gasteiger partial charge >= 0.3 is 0 Å². The van der Waals surface area contributed by atoms with Gasteiger partial charge in [-0.1, -0.05) is 35.4 Å². The number of carbonyl (C=O) groups excluding carboxylic acids is 2. The van der Waals surface area contributed by atoms with Crippen molar-refractivity contribution >= 4 is 35.2 Å². The molecule has 0 unspecified atom stereocenters. The van der Waals surface area contributed by atoms with Gasteiger partial charge in [0.05, 0.1) is 0 Å². The largest absolute Gasteiger partial charge is 0.298 e. The first-order valence-corrected chi connectivity index (χ1v) is 6.91. The average molecular weight is 300 g/mol. The highest BCUT2D eigenvalue weighted by atomic mass is 32.1. The van der Waals surface area contributed by atoms with E-state index in [1.165, 1.54) is 4.90 Å². The van der Waals surface area contributed by atoms with Crippen molar-refractivity contribution in [3.63, 3.8) is 0 Å². The van der Waals surface area contributed by atoms with Gasteiger partial charge in [-0.15, -0.1) is 6.58 Å². The highest BCUT2D eigenvalue weighted by Gasteiger charge is 2.32. The fraction of sp³-hybridized carbons (Fsp3) is 0.188. The highest BCUT2D eigenvalue weighted by Crippen LogP contribution is 2.17. The van der Waals surface area contributed by atoms with E-state index in [0.717, 1.165) is 16.7 Å². The molecule has 2 rings (SSSR count). The molecule has 4 nitrogen and oxygen atoms in total. The molecule has 1 N–H and O–H groups in total. The number of carbonyl (C=O) groups is 2. The van der Waals surface area contributed by atoms with Crippen molar-refractivity contribution in [3.05, 3.63) is 53.1 Å². The Kier molecular flexibility index (Phi) is 4.33. The zero-order valence-corrected chi connectivity index (χ0v) is 12.8. The maximum absolute atomic E-state index is 12.4. The van der Waals surface area contributed by atoms with E-state index < -0.39 is 11.8 Å². The molecule has 0 aliphatic carbocycles. The molecule has 1 aromatic rings. The molecular formula is C16H16N2O2S. The number of hydrogen-bond acceptors (Lipinski definition) is 3. The fourth-order valence-corrected chi connectivity index (χ4v) is 2.50. The molecule has 0 saturated carbocycles. The molecule has 108 valence electrons. The van der Waals surface area contributed by atoms with Crippen LogP contribution < -0.4 is 5.32 Å². The number of nitrogens with one attached hydrogen (secondary N) is 1. The number of nitrogens with zero attached hydrogens (tertiary/aromatic N) is 1. The van der Waals surface area contributed by atoms with Crippen molar-refractivity contribution in [2.24, 2.45) is 0 Å². The lowest BCUT2D eigenvalue weighted by Crippen LogP contribution is -2.53. The van der Waals surface area contributed by atoms with Crippen LogP contribution in [0.1, 0.15) is 16.7 Å². The minimum absolute atomic E-state index is 0.0791. The molecule has 5 heteroatoms. The summed E-state index contributed by atoms with van der Waals surface area (Å²) in [5.74, 6) is -0.868. The third-order valence-electron chi connectivity index (χ3n) is 3.05. The molecule has 1 aliphatic rings. The van der Waals surface area contributed by atoms with Crippen molar-refractivity contribution in [1.29, 1.82) is 0 Å². The van der Waals surface area contributed by atoms with Crippen molar-refractivity contribution in [1.82, 2.24) is 10.2 Å². The van der Waals surface area contributed by atoms with Crippen LogP contribution in [0, 0.1) is 13.8 Å². The van der Waals surface area contributed by atoms with Gasteiger partial charge in [-0.2, -0.15) is 0 Å². The molecule has 1 saturated heterocycles. The zero-order chi connectivity index (χ0) is 15.6. The second-order valence-corrected chi connectivity index (χ2v) is 5.33. The Bertz CT molecular complexity index is 657. The van der Waals surface area contributed by atoms with Crippen LogP contribution in [0.2, 0.25) is 0 Å². The van der Waals surface area contributed by atoms with E-state index in [0.29, 0.717) is 0 Å². The number of thiocarbonyl (C=S) groups is 1. The minimum atomic E-state index is -0.468. The van der Waals surface area contributed by atoms with Crippen molar-refractivity contribution in [3.8, 4) is 0 Å². The van der Waals surface area contributed by atoms with Gasteiger partial charge in [-0.25, -0.2) is 0 Å². The third-order valence-corrected chi connectivity index (χ3v) is 3.37. The van der Waals surface area contributed by atoms with Gasteiger partial charge < -0.3 is 0 Å². The Morgan fingerprint density at radius 1 is 1.24 bits per heavy atom. The Morgan fingerprint density at radius 3 is 2.43 bits per heavy atom.